The number of amides is 1. The van der Waals surface area contributed by atoms with E-state index < -0.39 is 0 Å². The van der Waals surface area contributed by atoms with Gasteiger partial charge in [-0.3, -0.25) is 9.69 Å². The van der Waals surface area contributed by atoms with Crippen molar-refractivity contribution in [2.45, 2.75) is 58.5 Å². The highest BCUT2D eigenvalue weighted by atomic mass is 16.3. The summed E-state index contributed by atoms with van der Waals surface area (Å²) in [6.45, 7) is 6.94. The van der Waals surface area contributed by atoms with E-state index in [1.807, 2.05) is 6.07 Å². The Morgan fingerprint density at radius 2 is 1.71 bits per heavy atom. The third-order valence-electron chi connectivity index (χ3n) is 6.47. The summed E-state index contributed by atoms with van der Waals surface area (Å²) in [5, 5.41) is 0. The van der Waals surface area contributed by atoms with Gasteiger partial charge in [0.25, 0.3) is 0 Å². The molecular weight excluding hydrogens is 348 g/mol. The van der Waals surface area contributed by atoms with E-state index in [9.17, 15) is 4.79 Å². The fraction of sp³-hybridized carbons (Fsp3) is 0.542. The van der Waals surface area contributed by atoms with Crippen LogP contribution < -0.4 is 0 Å². The van der Waals surface area contributed by atoms with E-state index in [1.165, 1.54) is 18.4 Å². The first-order valence-corrected chi connectivity index (χ1v) is 10.8. The van der Waals surface area contributed by atoms with Crippen molar-refractivity contribution in [2.24, 2.45) is 5.41 Å². The van der Waals surface area contributed by atoms with Crippen LogP contribution >= 0.6 is 0 Å². The molecule has 0 radical (unpaired) electrons. The molecule has 0 atom stereocenters. The number of piperidine rings is 2. The van der Waals surface area contributed by atoms with Crippen LogP contribution in [0.15, 0.2) is 46.9 Å². The van der Waals surface area contributed by atoms with Crippen molar-refractivity contribution in [2.75, 3.05) is 19.6 Å². The predicted molar refractivity (Wildman–Crippen MR) is 111 cm³/mol. The topological polar surface area (TPSA) is 36.7 Å². The lowest BCUT2D eigenvalue weighted by Crippen LogP contribution is -2.51. The van der Waals surface area contributed by atoms with Crippen molar-refractivity contribution in [1.29, 1.82) is 0 Å². The van der Waals surface area contributed by atoms with E-state index in [0.717, 1.165) is 63.5 Å². The molecule has 1 spiro atoms. The normalized spacial score (nSPS) is 20.0. The van der Waals surface area contributed by atoms with Gasteiger partial charge in [0, 0.05) is 25.9 Å². The first-order chi connectivity index (χ1) is 13.7. The Bertz CT molecular complexity index is 775. The van der Waals surface area contributed by atoms with Crippen molar-refractivity contribution in [3.63, 3.8) is 0 Å². The molecule has 0 unspecified atom stereocenters. The minimum absolute atomic E-state index is 0.301. The molecule has 2 aromatic rings. The number of furan rings is 1. The summed E-state index contributed by atoms with van der Waals surface area (Å²) >= 11 is 0. The predicted octanol–water partition coefficient (Wildman–Crippen LogP) is 4.64. The molecule has 4 nitrogen and oxygen atoms in total. The second-order valence-electron chi connectivity index (χ2n) is 8.63. The summed E-state index contributed by atoms with van der Waals surface area (Å²) in [7, 11) is 0. The van der Waals surface area contributed by atoms with Gasteiger partial charge >= 0.3 is 0 Å². The average Bonchev–Trinajstić information content (AvgIpc) is 3.15. The van der Waals surface area contributed by atoms with Gasteiger partial charge in [-0.1, -0.05) is 37.3 Å². The molecule has 150 valence electrons. The van der Waals surface area contributed by atoms with Crippen molar-refractivity contribution < 1.29 is 9.21 Å². The van der Waals surface area contributed by atoms with Gasteiger partial charge in [-0.25, -0.2) is 0 Å². The van der Waals surface area contributed by atoms with Crippen LogP contribution in [0.3, 0.4) is 0 Å². The largest absolute Gasteiger partial charge is 0.465 e. The van der Waals surface area contributed by atoms with E-state index in [1.54, 1.807) is 0 Å². The average molecular weight is 381 g/mol. The van der Waals surface area contributed by atoms with E-state index in [2.05, 4.69) is 53.1 Å². The van der Waals surface area contributed by atoms with Crippen LogP contribution in [0.2, 0.25) is 0 Å². The minimum atomic E-state index is 0.301. The number of benzene rings is 1. The first kappa shape index (κ1) is 19.3. The number of hydrogen-bond acceptors (Lipinski definition) is 3. The van der Waals surface area contributed by atoms with Gasteiger partial charge in [-0.05, 0) is 61.9 Å². The van der Waals surface area contributed by atoms with E-state index >= 15 is 0 Å². The van der Waals surface area contributed by atoms with Crippen molar-refractivity contribution in [1.82, 2.24) is 9.80 Å². The van der Waals surface area contributed by atoms with Gasteiger partial charge in [0.2, 0.25) is 5.91 Å². The molecule has 3 heterocycles. The van der Waals surface area contributed by atoms with Crippen molar-refractivity contribution in [3.8, 4) is 0 Å². The molecule has 0 aliphatic carbocycles. The van der Waals surface area contributed by atoms with E-state index in [0.29, 0.717) is 17.7 Å². The Hall–Kier alpha value is -2.07. The van der Waals surface area contributed by atoms with Gasteiger partial charge in [-0.2, -0.15) is 0 Å². The molecule has 2 aliphatic heterocycles. The Labute approximate surface area is 168 Å². The van der Waals surface area contributed by atoms with E-state index in [-0.39, 0.29) is 0 Å². The lowest BCUT2D eigenvalue weighted by Gasteiger charge is -2.47. The molecule has 2 fully saturated rings. The number of carbonyl (C=O) groups excluding carboxylic acids is 1. The zero-order chi connectivity index (χ0) is 19.4. The highest BCUT2D eigenvalue weighted by molar-refractivity contribution is 5.77. The molecule has 1 aromatic heterocycles. The third-order valence-corrected chi connectivity index (χ3v) is 6.47. The maximum Gasteiger partial charge on any atom is 0.222 e. The molecule has 28 heavy (non-hydrogen) atoms. The number of hydrogen-bond donors (Lipinski definition) is 0. The number of rotatable bonds is 6. The molecule has 4 rings (SSSR count). The van der Waals surface area contributed by atoms with Crippen LogP contribution in [0.1, 0.15) is 56.1 Å². The van der Waals surface area contributed by atoms with Crippen LogP contribution in [0, 0.1) is 5.41 Å². The van der Waals surface area contributed by atoms with Crippen LogP contribution in [0.25, 0.3) is 0 Å². The maximum absolute atomic E-state index is 12.5. The van der Waals surface area contributed by atoms with Crippen molar-refractivity contribution >= 4 is 5.91 Å². The lowest BCUT2D eigenvalue weighted by molar-refractivity contribution is -0.140. The fourth-order valence-electron chi connectivity index (χ4n) is 4.75. The minimum Gasteiger partial charge on any atom is -0.465 e. The quantitative estimate of drug-likeness (QED) is 0.733. The standard InChI is InChI=1S/C24H32N2O2/c1-2-6-21-9-10-22(28-21)18-25-15-13-24(14-16-25)12-11-23(27)26(19-24)17-20-7-4-3-5-8-20/h3-5,7-10H,2,6,11-19H2,1H3. The highest BCUT2D eigenvalue weighted by Gasteiger charge is 2.40. The van der Waals surface area contributed by atoms with Gasteiger partial charge in [-0.15, -0.1) is 0 Å². The number of likely N-dealkylation sites (tertiary alicyclic amines) is 2. The van der Waals surface area contributed by atoms with Crippen molar-refractivity contribution in [3.05, 3.63) is 59.5 Å². The second kappa shape index (κ2) is 8.52. The SMILES string of the molecule is CCCc1ccc(CN2CCC3(CCC(=O)N(Cc4ccccc4)C3)CC2)o1. The Kier molecular flexibility index (Phi) is 5.86. The van der Waals surface area contributed by atoms with Gasteiger partial charge in [0.1, 0.15) is 11.5 Å². The van der Waals surface area contributed by atoms with Crippen LogP contribution in [-0.4, -0.2) is 35.3 Å². The number of carbonyl (C=O) groups is 1. The van der Waals surface area contributed by atoms with Crippen LogP contribution in [0.4, 0.5) is 0 Å². The first-order valence-electron chi connectivity index (χ1n) is 10.8. The smallest absolute Gasteiger partial charge is 0.222 e. The zero-order valence-electron chi connectivity index (χ0n) is 17.0. The molecule has 4 heteroatoms. The fourth-order valence-corrected chi connectivity index (χ4v) is 4.75. The molecule has 0 saturated carbocycles. The molecule has 2 aliphatic rings. The Balaban J connectivity index is 1.33. The van der Waals surface area contributed by atoms with Gasteiger partial charge < -0.3 is 9.32 Å². The van der Waals surface area contributed by atoms with Crippen LogP contribution in [0.5, 0.6) is 0 Å². The number of aryl methyl sites for hydroxylation is 1. The van der Waals surface area contributed by atoms with Gasteiger partial charge in [0.05, 0.1) is 6.54 Å². The molecule has 1 amide bonds. The summed E-state index contributed by atoms with van der Waals surface area (Å²) in [6, 6.07) is 14.6. The summed E-state index contributed by atoms with van der Waals surface area (Å²) in [5.74, 6) is 2.51. The third kappa shape index (κ3) is 4.49. The maximum atomic E-state index is 12.5. The summed E-state index contributed by atoms with van der Waals surface area (Å²) in [5.41, 5.74) is 1.53. The molecule has 0 bridgehead atoms. The Morgan fingerprint density at radius 1 is 0.964 bits per heavy atom. The zero-order valence-corrected chi connectivity index (χ0v) is 17.0. The number of nitrogens with zero attached hydrogens (tertiary/aromatic N) is 2. The molecule has 0 N–H and O–H groups in total. The lowest BCUT2D eigenvalue weighted by atomic mass is 9.72. The highest BCUT2D eigenvalue weighted by Crippen LogP contribution is 2.40. The second-order valence-corrected chi connectivity index (χ2v) is 8.63. The summed E-state index contributed by atoms with van der Waals surface area (Å²) in [4.78, 5) is 17.1. The van der Waals surface area contributed by atoms with Crippen LogP contribution in [-0.2, 0) is 24.3 Å². The molecular formula is C24H32N2O2. The summed E-state index contributed by atoms with van der Waals surface area (Å²) < 4.78 is 5.97. The monoisotopic (exact) mass is 380 g/mol. The summed E-state index contributed by atoms with van der Waals surface area (Å²) in [6.07, 6.45) is 6.24. The Morgan fingerprint density at radius 3 is 2.46 bits per heavy atom. The van der Waals surface area contributed by atoms with E-state index in [4.69, 9.17) is 4.42 Å². The molecule has 2 saturated heterocycles. The molecule has 1 aromatic carbocycles. The van der Waals surface area contributed by atoms with Gasteiger partial charge in [0.15, 0.2) is 0 Å².